The molecule has 2 aromatic rings. The number of aliphatic carboxylic acids is 1. The van der Waals surface area contributed by atoms with Crippen LogP contribution in [0.3, 0.4) is 0 Å². The molecular weight excluding hydrogens is 268 g/mol. The summed E-state index contributed by atoms with van der Waals surface area (Å²) in [6, 6.07) is 15.8. The largest absolute Gasteiger partial charge is 0.488 e. The number of benzene rings is 2. The molecule has 0 atom stereocenters. The molecule has 0 unspecified atom stereocenters. The number of carboxylic acid groups (broad SMARTS) is 1. The fourth-order valence-electron chi connectivity index (χ4n) is 1.78. The van der Waals surface area contributed by atoms with Gasteiger partial charge in [0, 0.05) is 0 Å². The average molecular weight is 282 g/mol. The minimum absolute atomic E-state index is 0.113. The van der Waals surface area contributed by atoms with E-state index in [2.05, 4.69) is 0 Å². The minimum atomic E-state index is -1.05. The highest BCUT2D eigenvalue weighted by atomic mass is 16.5. The smallest absolute Gasteiger partial charge is 0.335 e. The summed E-state index contributed by atoms with van der Waals surface area (Å²) in [5.41, 5.74) is 1.28. The number of ether oxygens (including phenoxy) is 1. The Morgan fingerprint density at radius 1 is 1.05 bits per heavy atom. The Balaban J connectivity index is 2.16. The van der Waals surface area contributed by atoms with Crippen molar-refractivity contribution in [1.82, 2.24) is 0 Å². The van der Waals surface area contributed by atoms with Crippen molar-refractivity contribution in [2.75, 3.05) is 6.61 Å². The van der Waals surface area contributed by atoms with Crippen LogP contribution >= 0.6 is 0 Å². The lowest BCUT2D eigenvalue weighted by Gasteiger charge is -2.08. The molecule has 0 fully saturated rings. The lowest BCUT2D eigenvalue weighted by molar-refractivity contribution is -0.132. The van der Waals surface area contributed by atoms with E-state index in [1.807, 2.05) is 30.3 Å². The summed E-state index contributed by atoms with van der Waals surface area (Å²) in [5, 5.41) is 9.22. The van der Waals surface area contributed by atoms with Crippen molar-refractivity contribution in [1.29, 1.82) is 0 Å². The molecule has 0 saturated heterocycles. The van der Waals surface area contributed by atoms with Crippen LogP contribution in [0.1, 0.15) is 15.9 Å². The predicted octanol–water partition coefficient (Wildman–Crippen LogP) is 3.05. The fourth-order valence-corrected chi connectivity index (χ4v) is 1.78. The Morgan fingerprint density at radius 3 is 2.38 bits per heavy atom. The quantitative estimate of drug-likeness (QED) is 0.653. The van der Waals surface area contributed by atoms with Gasteiger partial charge < -0.3 is 9.84 Å². The molecule has 0 aromatic heterocycles. The second-order valence-corrected chi connectivity index (χ2v) is 4.33. The molecule has 0 bridgehead atoms. The maximum atomic E-state index is 11.3. The molecule has 0 aliphatic heterocycles. The molecular formula is C17H14O4. The third-order valence-electron chi connectivity index (χ3n) is 2.84. The van der Waals surface area contributed by atoms with Crippen molar-refractivity contribution in [3.05, 3.63) is 71.3 Å². The SMILES string of the molecule is O=Cc1ccccc1OCC(=Cc1ccccc1)C(=O)O. The first kappa shape index (κ1) is 14.5. The zero-order valence-corrected chi connectivity index (χ0v) is 11.2. The van der Waals surface area contributed by atoms with Gasteiger partial charge in [0.25, 0.3) is 0 Å². The second-order valence-electron chi connectivity index (χ2n) is 4.33. The molecule has 0 aliphatic carbocycles. The molecule has 21 heavy (non-hydrogen) atoms. The van der Waals surface area contributed by atoms with Crippen LogP contribution in [0.2, 0.25) is 0 Å². The predicted molar refractivity (Wildman–Crippen MR) is 79.4 cm³/mol. The van der Waals surface area contributed by atoms with Crippen LogP contribution in [0.15, 0.2) is 60.2 Å². The molecule has 0 spiro atoms. The summed E-state index contributed by atoms with van der Waals surface area (Å²) in [5.74, 6) is -0.685. The molecule has 2 rings (SSSR count). The highest BCUT2D eigenvalue weighted by Gasteiger charge is 2.10. The van der Waals surface area contributed by atoms with Crippen molar-refractivity contribution < 1.29 is 19.4 Å². The van der Waals surface area contributed by atoms with E-state index in [4.69, 9.17) is 4.74 Å². The number of carbonyl (C=O) groups excluding carboxylic acids is 1. The number of carbonyl (C=O) groups is 2. The van der Waals surface area contributed by atoms with E-state index in [9.17, 15) is 14.7 Å². The van der Waals surface area contributed by atoms with Crippen LogP contribution in [0.25, 0.3) is 6.08 Å². The normalized spacial score (nSPS) is 11.0. The Morgan fingerprint density at radius 2 is 1.71 bits per heavy atom. The standard InChI is InChI=1S/C17H14O4/c18-11-14-8-4-5-9-16(14)21-12-15(17(19)20)10-13-6-2-1-3-7-13/h1-11H,12H2,(H,19,20). The third kappa shape index (κ3) is 4.04. The highest BCUT2D eigenvalue weighted by molar-refractivity contribution is 5.92. The molecule has 1 N–H and O–H groups in total. The van der Waals surface area contributed by atoms with E-state index >= 15 is 0 Å². The van der Waals surface area contributed by atoms with Gasteiger partial charge in [-0.15, -0.1) is 0 Å². The first-order chi connectivity index (χ1) is 10.2. The van der Waals surface area contributed by atoms with Crippen molar-refractivity contribution in [3.63, 3.8) is 0 Å². The van der Waals surface area contributed by atoms with E-state index in [1.54, 1.807) is 30.3 Å². The van der Waals surface area contributed by atoms with Crippen LogP contribution in [0.5, 0.6) is 5.75 Å². The van der Waals surface area contributed by atoms with E-state index in [-0.39, 0.29) is 12.2 Å². The lowest BCUT2D eigenvalue weighted by atomic mass is 10.1. The highest BCUT2D eigenvalue weighted by Crippen LogP contribution is 2.17. The maximum Gasteiger partial charge on any atom is 0.335 e. The van der Waals surface area contributed by atoms with Gasteiger partial charge in [-0.05, 0) is 23.8 Å². The Bertz CT molecular complexity index is 660. The van der Waals surface area contributed by atoms with Crippen LogP contribution in [-0.2, 0) is 4.79 Å². The van der Waals surface area contributed by atoms with Crippen molar-refractivity contribution in [3.8, 4) is 5.75 Å². The number of para-hydroxylation sites is 1. The average Bonchev–Trinajstić information content (AvgIpc) is 2.52. The van der Waals surface area contributed by atoms with Crippen molar-refractivity contribution in [2.24, 2.45) is 0 Å². The Hall–Kier alpha value is -2.88. The maximum absolute atomic E-state index is 11.3. The summed E-state index contributed by atoms with van der Waals surface area (Å²) >= 11 is 0. The molecule has 106 valence electrons. The second kappa shape index (κ2) is 7.05. The molecule has 4 heteroatoms. The van der Waals surface area contributed by atoms with E-state index in [1.165, 1.54) is 0 Å². The zero-order chi connectivity index (χ0) is 15.1. The molecule has 0 saturated carbocycles. The van der Waals surface area contributed by atoms with Gasteiger partial charge in [0.15, 0.2) is 6.29 Å². The number of carboxylic acids is 1. The third-order valence-corrected chi connectivity index (χ3v) is 2.84. The van der Waals surface area contributed by atoms with E-state index in [0.717, 1.165) is 5.56 Å². The van der Waals surface area contributed by atoms with Crippen molar-refractivity contribution >= 4 is 18.3 Å². The van der Waals surface area contributed by atoms with E-state index < -0.39 is 5.97 Å². The lowest BCUT2D eigenvalue weighted by Crippen LogP contribution is -2.11. The van der Waals surface area contributed by atoms with Gasteiger partial charge in [0.2, 0.25) is 0 Å². The van der Waals surface area contributed by atoms with Crippen LogP contribution in [0, 0.1) is 0 Å². The fraction of sp³-hybridized carbons (Fsp3) is 0.0588. The van der Waals surface area contributed by atoms with Gasteiger partial charge >= 0.3 is 5.97 Å². The van der Waals surface area contributed by atoms with Crippen molar-refractivity contribution in [2.45, 2.75) is 0 Å². The van der Waals surface area contributed by atoms with Gasteiger partial charge in [-0.3, -0.25) is 4.79 Å². The van der Waals surface area contributed by atoms with Gasteiger partial charge in [-0.25, -0.2) is 4.79 Å². The molecule has 4 nitrogen and oxygen atoms in total. The number of hydrogen-bond donors (Lipinski definition) is 1. The summed E-state index contributed by atoms with van der Waals surface area (Å²) in [7, 11) is 0. The van der Waals surface area contributed by atoms with E-state index in [0.29, 0.717) is 17.6 Å². The van der Waals surface area contributed by atoms with Gasteiger partial charge in [-0.1, -0.05) is 42.5 Å². The molecule has 0 radical (unpaired) electrons. The molecule has 0 aliphatic rings. The van der Waals surface area contributed by atoms with Gasteiger partial charge in [0.05, 0.1) is 11.1 Å². The van der Waals surface area contributed by atoms with Crippen LogP contribution < -0.4 is 4.74 Å². The first-order valence-electron chi connectivity index (χ1n) is 6.36. The number of rotatable bonds is 6. The monoisotopic (exact) mass is 282 g/mol. The molecule has 0 amide bonds. The van der Waals surface area contributed by atoms with Crippen LogP contribution in [0.4, 0.5) is 0 Å². The van der Waals surface area contributed by atoms with Crippen LogP contribution in [-0.4, -0.2) is 24.0 Å². The number of aldehydes is 1. The topological polar surface area (TPSA) is 63.6 Å². The summed E-state index contributed by atoms with van der Waals surface area (Å²) in [6.45, 7) is -0.116. The summed E-state index contributed by atoms with van der Waals surface area (Å²) < 4.78 is 5.44. The Labute approximate surface area is 122 Å². The Kier molecular flexibility index (Phi) is 4.88. The van der Waals surface area contributed by atoms with Gasteiger partial charge in [0.1, 0.15) is 12.4 Å². The zero-order valence-electron chi connectivity index (χ0n) is 11.2. The van der Waals surface area contributed by atoms with Gasteiger partial charge in [-0.2, -0.15) is 0 Å². The summed E-state index contributed by atoms with van der Waals surface area (Å²) in [6.07, 6.45) is 2.22. The number of hydrogen-bond acceptors (Lipinski definition) is 3. The summed E-state index contributed by atoms with van der Waals surface area (Å²) in [4.78, 5) is 22.1. The molecule has 2 aromatic carbocycles. The molecule has 0 heterocycles. The minimum Gasteiger partial charge on any atom is -0.488 e. The first-order valence-corrected chi connectivity index (χ1v) is 6.36.